The summed E-state index contributed by atoms with van der Waals surface area (Å²) in [4.78, 5) is 21.8. The van der Waals surface area contributed by atoms with E-state index in [9.17, 15) is 13.6 Å². The van der Waals surface area contributed by atoms with Crippen LogP contribution in [-0.4, -0.2) is 53.2 Å². The normalized spacial score (nSPS) is 28.2. The second-order valence-corrected chi connectivity index (χ2v) is 11.2. The van der Waals surface area contributed by atoms with E-state index in [1.807, 2.05) is 26.0 Å². The lowest BCUT2D eigenvalue weighted by molar-refractivity contribution is 0.120. The van der Waals surface area contributed by atoms with Gasteiger partial charge in [-0.3, -0.25) is 9.80 Å². The highest BCUT2D eigenvalue weighted by Crippen LogP contribution is 2.41. The number of ether oxygens (including phenoxy) is 1. The van der Waals surface area contributed by atoms with Crippen LogP contribution in [0.4, 0.5) is 19.3 Å². The van der Waals surface area contributed by atoms with E-state index in [0.29, 0.717) is 43.8 Å². The van der Waals surface area contributed by atoms with Crippen LogP contribution >= 0.6 is 0 Å². The van der Waals surface area contributed by atoms with Gasteiger partial charge < -0.3 is 10.1 Å². The van der Waals surface area contributed by atoms with Gasteiger partial charge in [0.15, 0.2) is 0 Å². The quantitative estimate of drug-likeness (QED) is 0.486. The smallest absolute Gasteiger partial charge is 0.350 e. The Balaban J connectivity index is 1.41. The maximum Gasteiger partial charge on any atom is 0.350 e. The SMILES string of the molecule is CC(C)Oc1cccc(CN2CC[C@@]3(C[C@@H]2C)C(N[C@@H]2CCCC[C@@H]2F)=NC(=O)N3c2cccc(F)c2)c1. The summed E-state index contributed by atoms with van der Waals surface area (Å²) in [6.07, 6.45) is 3.39. The number of piperidine rings is 1. The Kier molecular flexibility index (Phi) is 7.70. The Morgan fingerprint density at radius 2 is 1.95 bits per heavy atom. The van der Waals surface area contributed by atoms with Crippen molar-refractivity contribution in [1.82, 2.24) is 10.2 Å². The molecule has 4 atom stereocenters. The molecule has 1 N–H and O–H groups in total. The molecule has 2 aliphatic heterocycles. The summed E-state index contributed by atoms with van der Waals surface area (Å²) in [5.74, 6) is 0.973. The van der Waals surface area contributed by atoms with Gasteiger partial charge in [-0.2, -0.15) is 4.99 Å². The van der Waals surface area contributed by atoms with Crippen LogP contribution in [0.2, 0.25) is 0 Å². The molecule has 6 nitrogen and oxygen atoms in total. The molecule has 2 amide bonds. The molecule has 0 radical (unpaired) electrons. The van der Waals surface area contributed by atoms with Crippen molar-refractivity contribution >= 4 is 17.6 Å². The van der Waals surface area contributed by atoms with Gasteiger partial charge in [-0.05, 0) is 82.3 Å². The fourth-order valence-electron chi connectivity index (χ4n) is 6.25. The number of alkyl halides is 1. The van der Waals surface area contributed by atoms with E-state index in [0.717, 1.165) is 30.7 Å². The Labute approximate surface area is 224 Å². The van der Waals surface area contributed by atoms with Crippen molar-refractivity contribution in [2.75, 3.05) is 11.4 Å². The van der Waals surface area contributed by atoms with Gasteiger partial charge in [-0.1, -0.05) is 31.0 Å². The minimum absolute atomic E-state index is 0.0971. The second kappa shape index (κ2) is 11.0. The third kappa shape index (κ3) is 5.41. The van der Waals surface area contributed by atoms with Gasteiger partial charge in [0.25, 0.3) is 0 Å². The van der Waals surface area contributed by atoms with Crippen LogP contribution in [0, 0.1) is 5.82 Å². The average Bonchev–Trinajstić information content (AvgIpc) is 3.12. The first-order valence-electron chi connectivity index (χ1n) is 13.8. The second-order valence-electron chi connectivity index (χ2n) is 11.2. The van der Waals surface area contributed by atoms with Gasteiger partial charge in [0, 0.05) is 24.8 Å². The first-order valence-corrected chi connectivity index (χ1v) is 13.8. The molecule has 0 bridgehead atoms. The summed E-state index contributed by atoms with van der Waals surface area (Å²) in [7, 11) is 0. The zero-order chi connectivity index (χ0) is 26.9. The zero-order valence-corrected chi connectivity index (χ0v) is 22.5. The fourth-order valence-corrected chi connectivity index (χ4v) is 6.25. The summed E-state index contributed by atoms with van der Waals surface area (Å²) in [5, 5.41) is 3.37. The number of nitrogens with one attached hydrogen (secondary N) is 1. The van der Waals surface area contributed by atoms with E-state index in [2.05, 4.69) is 34.3 Å². The lowest BCUT2D eigenvalue weighted by atomic mass is 9.80. The highest BCUT2D eigenvalue weighted by molar-refractivity contribution is 6.16. The maximum atomic E-state index is 14.8. The average molecular weight is 525 g/mol. The fraction of sp³-hybridized carbons (Fsp3) is 0.533. The number of likely N-dealkylation sites (tertiary alicyclic amines) is 1. The topological polar surface area (TPSA) is 57.2 Å². The van der Waals surface area contributed by atoms with Crippen molar-refractivity contribution < 1.29 is 18.3 Å². The molecule has 2 fully saturated rings. The number of anilines is 1. The zero-order valence-electron chi connectivity index (χ0n) is 22.5. The largest absolute Gasteiger partial charge is 0.491 e. The standard InChI is InChI=1S/C30H38F2N4O2/c1-20(2)38-25-11-6-8-22(16-25)19-35-15-14-30(18-21(35)3)28(33-27-13-5-4-12-26(27)32)34-29(37)36(30)24-10-7-9-23(31)17-24/h6-11,16-17,20-21,26-27H,4-5,12-15,18-19H2,1-3H3,(H,33,34,37)/t21-,26-,27+,30+/m0/s1. The van der Waals surface area contributed by atoms with Gasteiger partial charge in [-0.15, -0.1) is 0 Å². The minimum Gasteiger partial charge on any atom is -0.491 e. The number of nitrogens with zero attached hydrogens (tertiary/aromatic N) is 3. The van der Waals surface area contributed by atoms with Crippen LogP contribution in [0.15, 0.2) is 53.5 Å². The number of carbonyl (C=O) groups excluding carboxylic acids is 1. The van der Waals surface area contributed by atoms with E-state index in [-0.39, 0.29) is 18.2 Å². The van der Waals surface area contributed by atoms with Crippen molar-refractivity contribution in [3.8, 4) is 5.75 Å². The molecule has 2 heterocycles. The molecule has 1 saturated carbocycles. The van der Waals surface area contributed by atoms with Crippen LogP contribution in [0.5, 0.6) is 5.75 Å². The van der Waals surface area contributed by atoms with Gasteiger partial charge in [0.05, 0.1) is 12.1 Å². The van der Waals surface area contributed by atoms with Crippen LogP contribution in [0.1, 0.15) is 64.9 Å². The summed E-state index contributed by atoms with van der Waals surface area (Å²) in [5.41, 5.74) is 0.862. The number of hydrogen-bond acceptors (Lipinski definition) is 4. The van der Waals surface area contributed by atoms with Gasteiger partial charge in [0.1, 0.15) is 29.1 Å². The Morgan fingerprint density at radius 1 is 1.16 bits per heavy atom. The molecule has 204 valence electrons. The van der Waals surface area contributed by atoms with Crippen molar-refractivity contribution in [2.24, 2.45) is 4.99 Å². The molecule has 3 aliphatic rings. The van der Waals surface area contributed by atoms with E-state index in [1.54, 1.807) is 17.0 Å². The lowest BCUT2D eigenvalue weighted by Crippen LogP contribution is -2.64. The molecule has 2 aromatic rings. The van der Waals surface area contributed by atoms with Crippen LogP contribution in [0.3, 0.4) is 0 Å². The summed E-state index contributed by atoms with van der Waals surface area (Å²) in [6, 6.07) is 13.6. The van der Waals surface area contributed by atoms with E-state index >= 15 is 0 Å². The van der Waals surface area contributed by atoms with Crippen molar-refractivity contribution in [3.05, 3.63) is 59.9 Å². The third-order valence-corrected chi connectivity index (χ3v) is 8.06. The number of hydrogen-bond donors (Lipinski definition) is 1. The third-order valence-electron chi connectivity index (χ3n) is 8.06. The number of halogens is 2. The van der Waals surface area contributed by atoms with E-state index in [1.165, 1.54) is 12.1 Å². The van der Waals surface area contributed by atoms with Crippen LogP contribution < -0.4 is 15.0 Å². The molecular formula is C30H38F2N4O2. The number of benzene rings is 2. The highest BCUT2D eigenvalue weighted by Gasteiger charge is 2.54. The maximum absolute atomic E-state index is 14.8. The van der Waals surface area contributed by atoms with Gasteiger partial charge in [-0.25, -0.2) is 13.6 Å². The van der Waals surface area contributed by atoms with Crippen molar-refractivity contribution in [2.45, 2.75) is 95.7 Å². The molecular weight excluding hydrogens is 486 g/mol. The van der Waals surface area contributed by atoms with Crippen LogP contribution in [0.25, 0.3) is 0 Å². The number of amidine groups is 1. The minimum atomic E-state index is -0.973. The lowest BCUT2D eigenvalue weighted by Gasteiger charge is -2.48. The van der Waals surface area contributed by atoms with Crippen molar-refractivity contribution in [1.29, 1.82) is 0 Å². The Morgan fingerprint density at radius 3 is 2.68 bits per heavy atom. The monoisotopic (exact) mass is 524 g/mol. The predicted molar refractivity (Wildman–Crippen MR) is 146 cm³/mol. The van der Waals surface area contributed by atoms with Crippen LogP contribution in [-0.2, 0) is 6.54 Å². The van der Waals surface area contributed by atoms with Crippen molar-refractivity contribution in [3.63, 3.8) is 0 Å². The summed E-state index contributed by atoms with van der Waals surface area (Å²) < 4.78 is 35.0. The molecule has 0 aromatic heterocycles. The Bertz CT molecular complexity index is 1190. The molecule has 1 aliphatic carbocycles. The number of rotatable bonds is 6. The summed E-state index contributed by atoms with van der Waals surface area (Å²) in [6.45, 7) is 7.63. The number of urea groups is 1. The molecule has 8 heteroatoms. The molecule has 38 heavy (non-hydrogen) atoms. The number of aliphatic imine (C=N–C) groups is 1. The van der Waals surface area contributed by atoms with E-state index < -0.39 is 23.6 Å². The van der Waals surface area contributed by atoms with Gasteiger partial charge in [0.2, 0.25) is 0 Å². The molecule has 5 rings (SSSR count). The molecule has 1 spiro atoms. The van der Waals surface area contributed by atoms with E-state index in [4.69, 9.17) is 4.74 Å². The Hall–Kier alpha value is -3.00. The predicted octanol–water partition coefficient (Wildman–Crippen LogP) is 6.25. The van der Waals surface area contributed by atoms with Gasteiger partial charge >= 0.3 is 6.03 Å². The molecule has 0 unspecified atom stereocenters. The number of amides is 2. The summed E-state index contributed by atoms with van der Waals surface area (Å²) >= 11 is 0. The first-order chi connectivity index (χ1) is 18.2. The first kappa shape index (κ1) is 26.6. The highest BCUT2D eigenvalue weighted by atomic mass is 19.1. The number of carbonyl (C=O) groups is 1. The molecule has 1 saturated heterocycles. The molecule has 2 aromatic carbocycles.